The minimum atomic E-state index is 0.0707. The third kappa shape index (κ3) is 1.44. The number of carbonyl (C=O) groups is 1. The van der Waals surface area contributed by atoms with E-state index in [9.17, 15) is 4.79 Å². The molecule has 2 rings (SSSR count). The number of Topliss-reactive ketones (excluding diaryl/α,β-unsaturated/α-hetero) is 1. The Bertz CT molecular complexity index is 526. The van der Waals surface area contributed by atoms with Gasteiger partial charge < -0.3 is 0 Å². The van der Waals surface area contributed by atoms with Crippen LogP contribution in [0.1, 0.15) is 29.9 Å². The molecule has 78 valence electrons. The second-order valence-corrected chi connectivity index (χ2v) is 3.66. The van der Waals surface area contributed by atoms with Crippen LogP contribution in [0.3, 0.4) is 0 Å². The second-order valence-electron chi connectivity index (χ2n) is 3.66. The van der Waals surface area contributed by atoms with E-state index >= 15 is 0 Å². The largest absolute Gasteiger partial charge is 0.294 e. The fourth-order valence-electron chi connectivity index (χ4n) is 1.87. The van der Waals surface area contributed by atoms with Crippen molar-refractivity contribution in [3.63, 3.8) is 0 Å². The number of rotatable bonds is 2. The molecule has 0 aliphatic heterocycles. The van der Waals surface area contributed by atoms with E-state index in [1.165, 1.54) is 0 Å². The van der Waals surface area contributed by atoms with Crippen LogP contribution in [0.4, 0.5) is 0 Å². The summed E-state index contributed by atoms with van der Waals surface area (Å²) in [6.45, 7) is 6.49. The molecule has 0 unspecified atom stereocenters. The molecule has 0 saturated carbocycles. The van der Waals surface area contributed by atoms with Crippen LogP contribution < -0.4 is 0 Å². The molecule has 1 aromatic carbocycles. The van der Waals surface area contributed by atoms with E-state index in [1.54, 1.807) is 6.92 Å². The average Bonchev–Trinajstić information content (AvgIpc) is 2.55. The summed E-state index contributed by atoms with van der Waals surface area (Å²) in [5.74, 6) is 0.0707. The lowest BCUT2D eigenvalue weighted by Crippen LogP contribution is -1.98. The maximum absolute atomic E-state index is 11.4. The summed E-state index contributed by atoms with van der Waals surface area (Å²) in [5.41, 5.74) is 2.66. The molecule has 0 amide bonds. The van der Waals surface area contributed by atoms with Gasteiger partial charge in [0.2, 0.25) is 0 Å². The van der Waals surface area contributed by atoms with Gasteiger partial charge in [-0.3, -0.25) is 9.48 Å². The van der Waals surface area contributed by atoms with Gasteiger partial charge in [0.05, 0.1) is 0 Å². The van der Waals surface area contributed by atoms with Crippen molar-refractivity contribution in [2.75, 3.05) is 0 Å². The molecular weight excluding hydrogens is 188 g/mol. The van der Waals surface area contributed by atoms with E-state index in [-0.39, 0.29) is 5.78 Å². The first kappa shape index (κ1) is 9.90. The van der Waals surface area contributed by atoms with Crippen LogP contribution in [0.15, 0.2) is 18.2 Å². The molecule has 1 aromatic heterocycles. The first-order valence-corrected chi connectivity index (χ1v) is 5.12. The summed E-state index contributed by atoms with van der Waals surface area (Å²) in [7, 11) is 0. The molecule has 0 radical (unpaired) electrons. The normalized spacial score (nSPS) is 10.9. The number of aryl methyl sites for hydroxylation is 2. The molecule has 3 heteroatoms. The number of ketones is 1. The van der Waals surface area contributed by atoms with Crippen molar-refractivity contribution < 1.29 is 4.79 Å². The molecule has 3 nitrogen and oxygen atoms in total. The minimum Gasteiger partial charge on any atom is -0.294 e. The lowest BCUT2D eigenvalue weighted by molar-refractivity contribution is 0.101. The number of benzene rings is 1. The van der Waals surface area contributed by atoms with E-state index in [2.05, 4.69) is 5.10 Å². The van der Waals surface area contributed by atoms with Crippen molar-refractivity contribution in [1.82, 2.24) is 9.78 Å². The number of aromatic nitrogens is 2. The van der Waals surface area contributed by atoms with Gasteiger partial charge >= 0.3 is 0 Å². The van der Waals surface area contributed by atoms with Crippen molar-refractivity contribution in [1.29, 1.82) is 0 Å². The zero-order valence-corrected chi connectivity index (χ0v) is 9.24. The Hall–Kier alpha value is -1.64. The second kappa shape index (κ2) is 3.50. The molecule has 0 atom stereocenters. The van der Waals surface area contributed by atoms with E-state index < -0.39 is 0 Å². The third-order valence-electron chi connectivity index (χ3n) is 2.71. The molecule has 0 aliphatic rings. The predicted molar refractivity (Wildman–Crippen MR) is 60.1 cm³/mol. The summed E-state index contributed by atoms with van der Waals surface area (Å²) in [6.07, 6.45) is 0. The van der Waals surface area contributed by atoms with Crippen LogP contribution >= 0.6 is 0 Å². The highest BCUT2D eigenvalue weighted by Gasteiger charge is 2.11. The lowest BCUT2D eigenvalue weighted by atomic mass is 10.1. The molecule has 1 heterocycles. The fourth-order valence-corrected chi connectivity index (χ4v) is 1.87. The van der Waals surface area contributed by atoms with Gasteiger partial charge in [-0.25, -0.2) is 0 Å². The highest BCUT2D eigenvalue weighted by Crippen LogP contribution is 2.21. The molecule has 2 aromatic rings. The monoisotopic (exact) mass is 202 g/mol. The van der Waals surface area contributed by atoms with Crippen LogP contribution in [0, 0.1) is 6.92 Å². The highest BCUT2D eigenvalue weighted by atomic mass is 16.1. The van der Waals surface area contributed by atoms with Gasteiger partial charge in [0.15, 0.2) is 5.78 Å². The van der Waals surface area contributed by atoms with Crippen molar-refractivity contribution >= 4 is 16.7 Å². The molecule has 0 spiro atoms. The summed E-state index contributed by atoms with van der Waals surface area (Å²) < 4.78 is 1.93. The summed E-state index contributed by atoms with van der Waals surface area (Å²) in [6, 6.07) is 5.75. The zero-order valence-electron chi connectivity index (χ0n) is 9.24. The number of fused-ring (bicyclic) bond motifs is 1. The quantitative estimate of drug-likeness (QED) is 0.701. The first-order valence-electron chi connectivity index (χ1n) is 5.12. The van der Waals surface area contributed by atoms with Gasteiger partial charge in [0.1, 0.15) is 5.52 Å². The van der Waals surface area contributed by atoms with Crippen LogP contribution in [0.2, 0.25) is 0 Å². The molecule has 0 aliphatic carbocycles. The van der Waals surface area contributed by atoms with Gasteiger partial charge in [-0.15, -0.1) is 0 Å². The summed E-state index contributed by atoms with van der Waals surface area (Å²) in [5, 5.41) is 5.52. The van der Waals surface area contributed by atoms with Crippen molar-refractivity contribution in [3.05, 3.63) is 29.5 Å². The van der Waals surface area contributed by atoms with E-state index in [0.29, 0.717) is 5.56 Å². The lowest BCUT2D eigenvalue weighted by Gasteiger charge is -1.96. The van der Waals surface area contributed by atoms with Crippen molar-refractivity contribution in [3.8, 4) is 0 Å². The molecule has 0 saturated heterocycles. The summed E-state index contributed by atoms with van der Waals surface area (Å²) in [4.78, 5) is 11.4. The maximum Gasteiger partial charge on any atom is 0.162 e. The Morgan fingerprint density at radius 1 is 1.47 bits per heavy atom. The Morgan fingerprint density at radius 3 is 2.80 bits per heavy atom. The zero-order chi connectivity index (χ0) is 11.0. The highest BCUT2D eigenvalue weighted by molar-refractivity contribution is 6.05. The third-order valence-corrected chi connectivity index (χ3v) is 2.71. The molecule has 0 N–H and O–H groups in total. The van der Waals surface area contributed by atoms with Gasteiger partial charge in [-0.05, 0) is 26.8 Å². The Labute approximate surface area is 88.7 Å². The van der Waals surface area contributed by atoms with Crippen LogP contribution in [0.25, 0.3) is 10.9 Å². The van der Waals surface area contributed by atoms with Gasteiger partial charge in [-0.2, -0.15) is 5.10 Å². The molecule has 15 heavy (non-hydrogen) atoms. The predicted octanol–water partition coefficient (Wildman–Crippen LogP) is 2.57. The van der Waals surface area contributed by atoms with Crippen LogP contribution in [-0.2, 0) is 6.54 Å². The molecule has 0 fully saturated rings. The van der Waals surface area contributed by atoms with E-state index in [4.69, 9.17) is 0 Å². The van der Waals surface area contributed by atoms with Gasteiger partial charge in [0, 0.05) is 23.2 Å². The fraction of sp³-hybridized carbons (Fsp3) is 0.333. The molecule has 0 bridgehead atoms. The number of hydrogen-bond donors (Lipinski definition) is 0. The minimum absolute atomic E-state index is 0.0707. The Morgan fingerprint density at radius 2 is 2.20 bits per heavy atom. The smallest absolute Gasteiger partial charge is 0.162 e. The van der Waals surface area contributed by atoms with Crippen molar-refractivity contribution in [2.24, 2.45) is 0 Å². The first-order chi connectivity index (χ1) is 7.15. The average molecular weight is 202 g/mol. The van der Waals surface area contributed by atoms with Crippen LogP contribution in [-0.4, -0.2) is 15.6 Å². The standard InChI is InChI=1S/C12H14N2O/c1-4-14-8(2)10-6-5-7-11(9(3)15)12(10)13-14/h5-7H,4H2,1-3H3. The SMILES string of the molecule is CCn1nc2c(C(C)=O)cccc2c1C. The van der Waals surface area contributed by atoms with Gasteiger partial charge in [-0.1, -0.05) is 12.1 Å². The van der Waals surface area contributed by atoms with Crippen LogP contribution in [0.5, 0.6) is 0 Å². The number of hydrogen-bond acceptors (Lipinski definition) is 2. The number of carbonyl (C=O) groups excluding carboxylic acids is 1. The summed E-state index contributed by atoms with van der Waals surface area (Å²) >= 11 is 0. The number of nitrogens with zero attached hydrogens (tertiary/aromatic N) is 2. The molecular formula is C12H14N2O. The Kier molecular flexibility index (Phi) is 2.31. The topological polar surface area (TPSA) is 34.9 Å². The maximum atomic E-state index is 11.4. The van der Waals surface area contributed by atoms with Crippen molar-refractivity contribution in [2.45, 2.75) is 27.3 Å². The van der Waals surface area contributed by atoms with E-state index in [0.717, 1.165) is 23.1 Å². The van der Waals surface area contributed by atoms with E-state index in [1.807, 2.05) is 36.7 Å². The Balaban J connectivity index is 2.81. The van der Waals surface area contributed by atoms with Gasteiger partial charge in [0.25, 0.3) is 0 Å².